The van der Waals surface area contributed by atoms with Crippen molar-refractivity contribution in [3.05, 3.63) is 18.2 Å². The zero-order chi connectivity index (χ0) is 16.7. The van der Waals surface area contributed by atoms with Gasteiger partial charge < -0.3 is 25.3 Å². The van der Waals surface area contributed by atoms with Gasteiger partial charge in [0.2, 0.25) is 0 Å². The zero-order valence-electron chi connectivity index (χ0n) is 14.6. The van der Waals surface area contributed by atoms with E-state index in [0.29, 0.717) is 22.9 Å². The van der Waals surface area contributed by atoms with Crippen molar-refractivity contribution in [1.29, 1.82) is 0 Å². The van der Waals surface area contributed by atoms with Crippen LogP contribution in [0, 0.1) is 5.41 Å². The number of benzene rings is 1. The molecule has 1 aliphatic carbocycles. The molecule has 24 heavy (non-hydrogen) atoms. The first-order valence-corrected chi connectivity index (χ1v) is 7.99. The van der Waals surface area contributed by atoms with Crippen molar-refractivity contribution in [2.75, 3.05) is 39.3 Å². The lowest BCUT2D eigenvalue weighted by Gasteiger charge is -2.14. The molecule has 0 aliphatic heterocycles. The Bertz CT molecular complexity index is 548. The van der Waals surface area contributed by atoms with Gasteiger partial charge in [-0.25, -0.2) is 0 Å². The second kappa shape index (κ2) is 9.93. The Balaban J connectivity index is 0.00000288. The van der Waals surface area contributed by atoms with Crippen LogP contribution >= 0.6 is 24.0 Å². The van der Waals surface area contributed by atoms with E-state index in [9.17, 15) is 0 Å². The maximum absolute atomic E-state index is 5.99. The minimum absolute atomic E-state index is 0. The van der Waals surface area contributed by atoms with Gasteiger partial charge in [0.25, 0.3) is 0 Å². The summed E-state index contributed by atoms with van der Waals surface area (Å²) in [5.41, 5.74) is 7.11. The molecular weight excluding hydrogens is 421 g/mol. The number of hydrogen-bond acceptors (Lipinski definition) is 4. The van der Waals surface area contributed by atoms with E-state index in [1.807, 2.05) is 25.1 Å². The van der Waals surface area contributed by atoms with Gasteiger partial charge >= 0.3 is 0 Å². The molecule has 0 amide bonds. The lowest BCUT2D eigenvalue weighted by atomic mass is 10.0. The highest BCUT2D eigenvalue weighted by atomic mass is 127. The molecule has 0 atom stereocenters. The van der Waals surface area contributed by atoms with E-state index in [-0.39, 0.29) is 24.0 Å². The number of rotatable bonds is 9. The Kier molecular flexibility index (Phi) is 8.61. The van der Waals surface area contributed by atoms with Crippen molar-refractivity contribution in [3.8, 4) is 11.5 Å². The molecule has 6 nitrogen and oxygen atoms in total. The molecule has 1 aromatic carbocycles. The average molecular weight is 449 g/mol. The number of nitrogens with two attached hydrogens (primary N) is 1. The van der Waals surface area contributed by atoms with Gasteiger partial charge in [0.15, 0.2) is 17.5 Å². The summed E-state index contributed by atoms with van der Waals surface area (Å²) in [6.07, 6.45) is 3.45. The SMILES string of the molecule is CCOCCC1(CN=C(N)Nc2ccc(OC)c(OC)c2)CC1.I. The molecule has 3 N–H and O–H groups in total. The Morgan fingerprint density at radius 1 is 1.25 bits per heavy atom. The largest absolute Gasteiger partial charge is 0.493 e. The molecule has 0 saturated heterocycles. The molecular formula is C17H28IN3O3. The fraction of sp³-hybridized carbons (Fsp3) is 0.588. The predicted molar refractivity (Wildman–Crippen MR) is 108 cm³/mol. The first-order chi connectivity index (χ1) is 11.1. The fourth-order valence-electron chi connectivity index (χ4n) is 2.45. The van der Waals surface area contributed by atoms with Gasteiger partial charge in [-0.15, -0.1) is 24.0 Å². The molecule has 1 aliphatic rings. The van der Waals surface area contributed by atoms with Gasteiger partial charge in [0.1, 0.15) is 0 Å². The van der Waals surface area contributed by atoms with Crippen LogP contribution < -0.4 is 20.5 Å². The van der Waals surface area contributed by atoms with E-state index in [2.05, 4.69) is 10.3 Å². The molecule has 0 aromatic heterocycles. The lowest BCUT2D eigenvalue weighted by molar-refractivity contribution is 0.129. The van der Waals surface area contributed by atoms with Crippen molar-refractivity contribution in [3.63, 3.8) is 0 Å². The van der Waals surface area contributed by atoms with Gasteiger partial charge in [0.05, 0.1) is 14.2 Å². The smallest absolute Gasteiger partial charge is 0.193 e. The quantitative estimate of drug-likeness (QED) is 0.262. The maximum atomic E-state index is 5.99. The van der Waals surface area contributed by atoms with E-state index in [1.54, 1.807) is 14.2 Å². The molecule has 136 valence electrons. The van der Waals surface area contributed by atoms with Gasteiger partial charge in [0, 0.05) is 31.5 Å². The second-order valence-corrected chi connectivity index (χ2v) is 5.84. The number of halogens is 1. The minimum Gasteiger partial charge on any atom is -0.493 e. The normalized spacial score (nSPS) is 15.4. The summed E-state index contributed by atoms with van der Waals surface area (Å²) in [4.78, 5) is 4.49. The molecule has 0 radical (unpaired) electrons. The standard InChI is InChI=1S/C17H27N3O3.HI/c1-4-23-10-9-17(7-8-17)12-19-16(18)20-13-5-6-14(21-2)15(11-13)22-3;/h5-6,11H,4,7-10,12H2,1-3H3,(H3,18,19,20);1H. The van der Waals surface area contributed by atoms with Crippen molar-refractivity contribution in [2.24, 2.45) is 16.1 Å². The molecule has 2 rings (SSSR count). The summed E-state index contributed by atoms with van der Waals surface area (Å²) < 4.78 is 15.9. The topological polar surface area (TPSA) is 78.1 Å². The second-order valence-electron chi connectivity index (χ2n) is 5.84. The van der Waals surface area contributed by atoms with Crippen molar-refractivity contribution in [1.82, 2.24) is 0 Å². The average Bonchev–Trinajstić information content (AvgIpc) is 3.33. The molecule has 1 saturated carbocycles. The summed E-state index contributed by atoms with van der Waals surface area (Å²) in [5, 5.41) is 3.10. The highest BCUT2D eigenvalue weighted by molar-refractivity contribution is 14.0. The Hall–Kier alpha value is -1.22. The molecule has 0 heterocycles. The van der Waals surface area contributed by atoms with Crippen LogP contribution in [0.1, 0.15) is 26.2 Å². The third-order valence-corrected chi connectivity index (χ3v) is 4.18. The Morgan fingerprint density at radius 3 is 2.54 bits per heavy atom. The third-order valence-electron chi connectivity index (χ3n) is 4.18. The summed E-state index contributed by atoms with van der Waals surface area (Å²) in [6, 6.07) is 5.55. The van der Waals surface area contributed by atoms with Crippen LogP contribution in [0.4, 0.5) is 5.69 Å². The van der Waals surface area contributed by atoms with Gasteiger partial charge in [-0.05, 0) is 43.7 Å². The molecule has 1 fully saturated rings. The van der Waals surface area contributed by atoms with Crippen molar-refractivity contribution >= 4 is 35.6 Å². The van der Waals surface area contributed by atoms with Crippen LogP contribution in [0.25, 0.3) is 0 Å². The number of anilines is 1. The van der Waals surface area contributed by atoms with Crippen LogP contribution in [0.5, 0.6) is 11.5 Å². The summed E-state index contributed by atoms with van der Waals surface area (Å²) in [7, 11) is 3.21. The van der Waals surface area contributed by atoms with Crippen LogP contribution in [-0.2, 0) is 4.74 Å². The number of hydrogen-bond donors (Lipinski definition) is 2. The van der Waals surface area contributed by atoms with E-state index in [4.69, 9.17) is 19.9 Å². The molecule has 0 unspecified atom stereocenters. The first kappa shape index (κ1) is 20.8. The van der Waals surface area contributed by atoms with Gasteiger partial charge in [-0.3, -0.25) is 4.99 Å². The number of nitrogens with one attached hydrogen (secondary N) is 1. The van der Waals surface area contributed by atoms with Crippen LogP contribution in [0.15, 0.2) is 23.2 Å². The molecule has 7 heteroatoms. The molecule has 0 spiro atoms. The minimum atomic E-state index is 0. The Labute approximate surface area is 161 Å². The third kappa shape index (κ3) is 6.01. The predicted octanol–water partition coefficient (Wildman–Crippen LogP) is 3.26. The van der Waals surface area contributed by atoms with Crippen LogP contribution in [0.2, 0.25) is 0 Å². The summed E-state index contributed by atoms with van der Waals surface area (Å²) >= 11 is 0. The lowest BCUT2D eigenvalue weighted by Crippen LogP contribution is -2.24. The molecule has 1 aromatic rings. The number of aliphatic imine (C=N–C) groups is 1. The van der Waals surface area contributed by atoms with Crippen LogP contribution in [0.3, 0.4) is 0 Å². The molecule has 0 bridgehead atoms. The van der Waals surface area contributed by atoms with Crippen molar-refractivity contribution in [2.45, 2.75) is 26.2 Å². The maximum Gasteiger partial charge on any atom is 0.193 e. The monoisotopic (exact) mass is 449 g/mol. The van der Waals surface area contributed by atoms with Crippen LogP contribution in [-0.4, -0.2) is 39.9 Å². The number of nitrogens with zero attached hydrogens (tertiary/aromatic N) is 1. The number of methoxy groups -OCH3 is 2. The van der Waals surface area contributed by atoms with Crippen molar-refractivity contribution < 1.29 is 14.2 Å². The highest BCUT2D eigenvalue weighted by Crippen LogP contribution is 2.49. The van der Waals surface area contributed by atoms with Gasteiger partial charge in [-0.1, -0.05) is 0 Å². The van der Waals surface area contributed by atoms with E-state index < -0.39 is 0 Å². The highest BCUT2D eigenvalue weighted by Gasteiger charge is 2.41. The number of ether oxygens (including phenoxy) is 3. The first-order valence-electron chi connectivity index (χ1n) is 7.99. The van der Waals surface area contributed by atoms with Gasteiger partial charge in [-0.2, -0.15) is 0 Å². The Morgan fingerprint density at radius 2 is 1.96 bits per heavy atom. The zero-order valence-corrected chi connectivity index (χ0v) is 17.0. The van der Waals surface area contributed by atoms with E-state index in [0.717, 1.165) is 31.9 Å². The van der Waals surface area contributed by atoms with E-state index >= 15 is 0 Å². The number of guanidine groups is 1. The van der Waals surface area contributed by atoms with E-state index in [1.165, 1.54) is 12.8 Å². The summed E-state index contributed by atoms with van der Waals surface area (Å²) in [6.45, 7) is 4.33. The fourth-order valence-corrected chi connectivity index (χ4v) is 2.45. The summed E-state index contributed by atoms with van der Waals surface area (Å²) in [5.74, 6) is 1.75.